The Morgan fingerprint density at radius 1 is 1.40 bits per heavy atom. The van der Waals surface area contributed by atoms with Gasteiger partial charge in [-0.1, -0.05) is 6.07 Å². The maximum atomic E-state index is 11.6. The zero-order valence-corrected chi connectivity index (χ0v) is 8.54. The number of carboxylic acids is 1. The van der Waals surface area contributed by atoms with Crippen molar-refractivity contribution in [2.24, 2.45) is 0 Å². The summed E-state index contributed by atoms with van der Waals surface area (Å²) in [7, 11) is -3.32. The van der Waals surface area contributed by atoms with Gasteiger partial charge in [0.25, 0.3) is 0 Å². The molecule has 1 aromatic carbocycles. The molecule has 5 nitrogen and oxygen atoms in total. The first-order valence-corrected chi connectivity index (χ1v) is 6.00. The minimum atomic E-state index is -3.32. The zero-order valence-electron chi connectivity index (χ0n) is 7.73. The number of carboxylic acid groups (broad SMARTS) is 1. The molecule has 1 aliphatic heterocycles. The van der Waals surface area contributed by atoms with Gasteiger partial charge in [-0.3, -0.25) is 0 Å². The van der Waals surface area contributed by atoms with Crippen LogP contribution in [-0.2, 0) is 9.84 Å². The van der Waals surface area contributed by atoms with Gasteiger partial charge in [0, 0.05) is 6.54 Å². The molecule has 1 aliphatic rings. The second kappa shape index (κ2) is 3.23. The molecule has 0 amide bonds. The highest BCUT2D eigenvalue weighted by Gasteiger charge is 2.26. The van der Waals surface area contributed by atoms with E-state index in [1.807, 2.05) is 0 Å². The van der Waals surface area contributed by atoms with Crippen LogP contribution in [0.5, 0.6) is 0 Å². The molecular formula is C9H9NO4S. The van der Waals surface area contributed by atoms with Gasteiger partial charge in [0.2, 0.25) is 0 Å². The smallest absolute Gasteiger partial charge is 0.337 e. The van der Waals surface area contributed by atoms with E-state index in [0.29, 0.717) is 0 Å². The molecular weight excluding hydrogens is 218 g/mol. The fourth-order valence-corrected chi connectivity index (χ4v) is 2.94. The van der Waals surface area contributed by atoms with Crippen LogP contribution in [0.4, 0.5) is 5.69 Å². The Morgan fingerprint density at radius 3 is 2.80 bits per heavy atom. The predicted molar refractivity (Wildman–Crippen MR) is 53.9 cm³/mol. The lowest BCUT2D eigenvalue weighted by Gasteiger charge is -2.19. The molecule has 0 fully saturated rings. The highest BCUT2D eigenvalue weighted by molar-refractivity contribution is 7.91. The van der Waals surface area contributed by atoms with Gasteiger partial charge in [-0.05, 0) is 12.1 Å². The van der Waals surface area contributed by atoms with Crippen LogP contribution < -0.4 is 5.32 Å². The van der Waals surface area contributed by atoms with E-state index < -0.39 is 15.8 Å². The van der Waals surface area contributed by atoms with Crippen LogP contribution in [0.25, 0.3) is 0 Å². The topological polar surface area (TPSA) is 83.5 Å². The number of anilines is 1. The van der Waals surface area contributed by atoms with Crippen molar-refractivity contribution < 1.29 is 18.3 Å². The van der Waals surface area contributed by atoms with Crippen molar-refractivity contribution in [2.75, 3.05) is 17.6 Å². The summed E-state index contributed by atoms with van der Waals surface area (Å²) in [6, 6.07) is 4.24. The molecule has 2 N–H and O–H groups in total. The minimum Gasteiger partial charge on any atom is -0.478 e. The van der Waals surface area contributed by atoms with E-state index in [2.05, 4.69) is 5.32 Å². The normalized spacial score (nSPS) is 17.6. The Labute approximate surface area is 86.7 Å². The van der Waals surface area contributed by atoms with Crippen molar-refractivity contribution in [3.63, 3.8) is 0 Å². The van der Waals surface area contributed by atoms with Gasteiger partial charge in [0.05, 0.1) is 21.9 Å². The molecule has 0 saturated heterocycles. The van der Waals surface area contributed by atoms with E-state index >= 15 is 0 Å². The molecule has 15 heavy (non-hydrogen) atoms. The minimum absolute atomic E-state index is 0.00305. The summed E-state index contributed by atoms with van der Waals surface area (Å²) in [4.78, 5) is 10.9. The molecule has 2 rings (SSSR count). The second-order valence-electron chi connectivity index (χ2n) is 3.23. The number of sulfone groups is 1. The number of carbonyl (C=O) groups is 1. The average molecular weight is 227 g/mol. The Hall–Kier alpha value is -1.56. The first-order chi connectivity index (χ1) is 7.02. The summed E-state index contributed by atoms with van der Waals surface area (Å²) >= 11 is 0. The maximum Gasteiger partial charge on any atom is 0.337 e. The van der Waals surface area contributed by atoms with Gasteiger partial charge in [0.1, 0.15) is 0 Å². The van der Waals surface area contributed by atoms with Gasteiger partial charge in [0.15, 0.2) is 9.84 Å². The molecule has 0 unspecified atom stereocenters. The van der Waals surface area contributed by atoms with E-state index in [9.17, 15) is 13.2 Å². The maximum absolute atomic E-state index is 11.6. The van der Waals surface area contributed by atoms with Gasteiger partial charge in [-0.25, -0.2) is 13.2 Å². The number of aromatic carboxylic acids is 1. The standard InChI is InChI=1S/C9H9NO4S/c11-9(12)6-2-1-3-7-8(6)10-4-5-15(7,13)14/h1-3,10H,4-5H2,(H,11,12). The summed E-state index contributed by atoms with van der Waals surface area (Å²) in [5.41, 5.74) is 0.201. The third kappa shape index (κ3) is 1.56. The van der Waals surface area contributed by atoms with Gasteiger partial charge in [-0.2, -0.15) is 0 Å². The van der Waals surface area contributed by atoms with Crippen molar-refractivity contribution in [3.05, 3.63) is 23.8 Å². The Kier molecular flexibility index (Phi) is 2.15. The molecule has 0 aliphatic carbocycles. The highest BCUT2D eigenvalue weighted by atomic mass is 32.2. The SMILES string of the molecule is O=C(O)c1cccc2c1NCCS2(=O)=O. The first-order valence-electron chi connectivity index (χ1n) is 4.35. The van der Waals surface area contributed by atoms with Crippen LogP contribution >= 0.6 is 0 Å². The van der Waals surface area contributed by atoms with Crippen molar-refractivity contribution in [2.45, 2.75) is 4.90 Å². The van der Waals surface area contributed by atoms with Crippen molar-refractivity contribution >= 4 is 21.5 Å². The van der Waals surface area contributed by atoms with E-state index in [0.717, 1.165) is 0 Å². The second-order valence-corrected chi connectivity index (χ2v) is 5.31. The zero-order chi connectivity index (χ0) is 11.1. The summed E-state index contributed by atoms with van der Waals surface area (Å²) in [6.07, 6.45) is 0. The Morgan fingerprint density at radius 2 is 2.13 bits per heavy atom. The lowest BCUT2D eigenvalue weighted by Crippen LogP contribution is -2.25. The molecule has 0 spiro atoms. The van der Waals surface area contributed by atoms with Crippen LogP contribution in [0.15, 0.2) is 23.1 Å². The molecule has 1 aromatic rings. The summed E-state index contributed by atoms with van der Waals surface area (Å²) in [6.45, 7) is 0.250. The van der Waals surface area contributed by atoms with E-state index in [1.165, 1.54) is 18.2 Å². The van der Waals surface area contributed by atoms with Crippen LogP contribution in [-0.4, -0.2) is 31.8 Å². The van der Waals surface area contributed by atoms with Crippen LogP contribution in [0.3, 0.4) is 0 Å². The molecule has 0 bridgehead atoms. The van der Waals surface area contributed by atoms with Gasteiger partial charge >= 0.3 is 5.97 Å². The third-order valence-corrected chi connectivity index (χ3v) is 4.02. The average Bonchev–Trinajstić information content (AvgIpc) is 2.16. The van der Waals surface area contributed by atoms with Crippen LogP contribution in [0.1, 0.15) is 10.4 Å². The Bertz CT molecular complexity index is 521. The molecule has 0 aromatic heterocycles. The number of hydrogen-bond acceptors (Lipinski definition) is 4. The van der Waals surface area contributed by atoms with Crippen molar-refractivity contribution in [3.8, 4) is 0 Å². The number of nitrogens with one attached hydrogen (secondary N) is 1. The van der Waals surface area contributed by atoms with Crippen LogP contribution in [0, 0.1) is 0 Å². The Balaban J connectivity index is 2.72. The lowest BCUT2D eigenvalue weighted by molar-refractivity contribution is 0.0697. The molecule has 1 heterocycles. The number of fused-ring (bicyclic) bond motifs is 1. The fraction of sp³-hybridized carbons (Fsp3) is 0.222. The summed E-state index contributed by atoms with van der Waals surface area (Å²) in [5.74, 6) is -1.13. The molecule has 80 valence electrons. The largest absolute Gasteiger partial charge is 0.478 e. The summed E-state index contributed by atoms with van der Waals surface area (Å²) < 4.78 is 23.2. The van der Waals surface area contributed by atoms with Crippen LogP contribution in [0.2, 0.25) is 0 Å². The summed E-state index contributed by atoms with van der Waals surface area (Å²) in [5, 5.41) is 11.7. The third-order valence-electron chi connectivity index (χ3n) is 2.26. The monoisotopic (exact) mass is 227 g/mol. The van der Waals surface area contributed by atoms with E-state index in [4.69, 9.17) is 5.11 Å². The predicted octanol–water partition coefficient (Wildman–Crippen LogP) is 0.584. The number of rotatable bonds is 1. The number of hydrogen-bond donors (Lipinski definition) is 2. The molecule has 0 radical (unpaired) electrons. The fourth-order valence-electron chi connectivity index (χ4n) is 1.57. The van der Waals surface area contributed by atoms with Gasteiger partial charge < -0.3 is 10.4 Å². The van der Waals surface area contributed by atoms with E-state index in [1.54, 1.807) is 0 Å². The quantitative estimate of drug-likeness (QED) is 0.733. The highest BCUT2D eigenvalue weighted by Crippen LogP contribution is 2.29. The number of benzene rings is 1. The molecule has 6 heteroatoms. The van der Waals surface area contributed by atoms with Crippen molar-refractivity contribution in [1.82, 2.24) is 0 Å². The van der Waals surface area contributed by atoms with Crippen molar-refractivity contribution in [1.29, 1.82) is 0 Å². The number of para-hydroxylation sites is 1. The lowest BCUT2D eigenvalue weighted by atomic mass is 10.2. The van der Waals surface area contributed by atoms with Gasteiger partial charge in [-0.15, -0.1) is 0 Å². The molecule has 0 atom stereocenters. The first kappa shape index (κ1) is 9.97. The van der Waals surface area contributed by atoms with E-state index in [-0.39, 0.29) is 28.4 Å². The molecule has 0 saturated carbocycles.